The highest BCUT2D eigenvalue weighted by Gasteiger charge is 2.22. The van der Waals surface area contributed by atoms with E-state index in [-0.39, 0.29) is 5.91 Å². The first-order chi connectivity index (χ1) is 12.4. The molecule has 0 aliphatic carbocycles. The minimum atomic E-state index is -3.47. The molecule has 140 valence electrons. The molecule has 2 aromatic carbocycles. The summed E-state index contributed by atoms with van der Waals surface area (Å²) in [7, 11) is -3.47. The van der Waals surface area contributed by atoms with Crippen molar-refractivity contribution in [3.63, 3.8) is 0 Å². The van der Waals surface area contributed by atoms with Gasteiger partial charge in [-0.15, -0.1) is 0 Å². The predicted octanol–water partition coefficient (Wildman–Crippen LogP) is 2.29. The first-order valence-corrected chi connectivity index (χ1v) is 10.7. The van der Waals surface area contributed by atoms with Crippen LogP contribution >= 0.6 is 0 Å². The summed E-state index contributed by atoms with van der Waals surface area (Å²) in [4.78, 5) is 12.4. The number of benzene rings is 2. The monoisotopic (exact) mass is 374 g/mol. The third kappa shape index (κ3) is 7.80. The van der Waals surface area contributed by atoms with Crippen LogP contribution in [-0.2, 0) is 27.7 Å². The number of unbranched alkanes of at least 4 members (excludes halogenated alkanes) is 1. The van der Waals surface area contributed by atoms with E-state index in [4.69, 9.17) is 0 Å². The largest absolute Gasteiger partial charge is 0.355 e. The number of nitrogens with one attached hydrogen (secondary N) is 2. The van der Waals surface area contributed by atoms with Crippen molar-refractivity contribution in [2.75, 3.05) is 12.8 Å². The van der Waals surface area contributed by atoms with Crippen molar-refractivity contribution in [3.05, 3.63) is 71.8 Å². The molecule has 0 radical (unpaired) electrons. The first kappa shape index (κ1) is 20.1. The maximum absolute atomic E-state index is 12.4. The van der Waals surface area contributed by atoms with Crippen LogP contribution in [-0.4, -0.2) is 33.2 Å². The van der Waals surface area contributed by atoms with E-state index in [0.717, 1.165) is 31.1 Å². The minimum absolute atomic E-state index is 0.293. The fourth-order valence-corrected chi connectivity index (χ4v) is 3.44. The Kier molecular flexibility index (Phi) is 7.81. The Hall–Kier alpha value is -2.18. The number of rotatable bonds is 10. The normalized spacial score (nSPS) is 12.5. The molecule has 2 aromatic rings. The summed E-state index contributed by atoms with van der Waals surface area (Å²) in [6.07, 6.45) is 4.17. The van der Waals surface area contributed by atoms with Crippen LogP contribution in [0.4, 0.5) is 0 Å². The molecule has 5 nitrogen and oxygen atoms in total. The summed E-state index contributed by atoms with van der Waals surface area (Å²) >= 11 is 0. The van der Waals surface area contributed by atoms with Gasteiger partial charge in [-0.1, -0.05) is 60.7 Å². The van der Waals surface area contributed by atoms with Gasteiger partial charge in [0, 0.05) is 6.54 Å². The zero-order chi connectivity index (χ0) is 18.8. The average molecular weight is 375 g/mol. The molecule has 0 fully saturated rings. The van der Waals surface area contributed by atoms with E-state index in [0.29, 0.717) is 13.0 Å². The van der Waals surface area contributed by atoms with Crippen LogP contribution in [0.15, 0.2) is 60.7 Å². The molecule has 0 aliphatic heterocycles. The molecular weight excluding hydrogens is 348 g/mol. The Labute approximate surface area is 155 Å². The molecule has 1 atom stereocenters. The predicted molar refractivity (Wildman–Crippen MR) is 104 cm³/mol. The highest BCUT2D eigenvalue weighted by molar-refractivity contribution is 7.88. The number of hydrogen-bond donors (Lipinski definition) is 2. The quantitative estimate of drug-likeness (QED) is 0.627. The number of sulfonamides is 1. The van der Waals surface area contributed by atoms with Crippen molar-refractivity contribution in [2.45, 2.75) is 31.7 Å². The third-order valence-electron chi connectivity index (χ3n) is 3.99. The molecule has 2 N–H and O–H groups in total. The van der Waals surface area contributed by atoms with Gasteiger partial charge >= 0.3 is 0 Å². The molecular formula is C20H26N2O3S. The first-order valence-electron chi connectivity index (χ1n) is 8.77. The lowest BCUT2D eigenvalue weighted by Crippen LogP contribution is -2.47. The topological polar surface area (TPSA) is 75.3 Å². The Bertz CT molecular complexity index is 777. The Morgan fingerprint density at radius 3 is 2.08 bits per heavy atom. The molecule has 0 saturated carbocycles. The molecule has 0 aliphatic rings. The summed E-state index contributed by atoms with van der Waals surface area (Å²) in [6, 6.07) is 18.8. The summed E-state index contributed by atoms with van der Waals surface area (Å²) < 4.78 is 25.6. The van der Waals surface area contributed by atoms with Gasteiger partial charge in [-0.3, -0.25) is 4.79 Å². The number of carbonyl (C=O) groups excluding carboxylic acids is 1. The zero-order valence-electron chi connectivity index (χ0n) is 15.0. The van der Waals surface area contributed by atoms with E-state index in [1.807, 2.05) is 48.5 Å². The van der Waals surface area contributed by atoms with Crippen molar-refractivity contribution in [1.82, 2.24) is 10.0 Å². The van der Waals surface area contributed by atoms with Crippen molar-refractivity contribution in [2.24, 2.45) is 0 Å². The van der Waals surface area contributed by atoms with Crippen molar-refractivity contribution >= 4 is 15.9 Å². The SMILES string of the molecule is CS(=O)(=O)NC(Cc1ccccc1)C(=O)NCCCCc1ccccc1. The van der Waals surface area contributed by atoms with E-state index < -0.39 is 16.1 Å². The summed E-state index contributed by atoms with van der Waals surface area (Å²) in [6.45, 7) is 0.530. The van der Waals surface area contributed by atoms with Gasteiger partial charge in [-0.05, 0) is 36.8 Å². The lowest BCUT2D eigenvalue weighted by atomic mass is 10.1. The number of amides is 1. The summed E-state index contributed by atoms with van der Waals surface area (Å²) in [5.74, 6) is -0.293. The van der Waals surface area contributed by atoms with Crippen LogP contribution in [0, 0.1) is 0 Å². The Balaban J connectivity index is 1.81. The van der Waals surface area contributed by atoms with Gasteiger partial charge in [0.05, 0.1) is 6.26 Å². The van der Waals surface area contributed by atoms with E-state index in [2.05, 4.69) is 22.2 Å². The van der Waals surface area contributed by atoms with Gasteiger partial charge in [0.15, 0.2) is 0 Å². The summed E-state index contributed by atoms with van der Waals surface area (Å²) in [5.41, 5.74) is 2.19. The van der Waals surface area contributed by atoms with Crippen molar-refractivity contribution < 1.29 is 13.2 Å². The molecule has 1 unspecified atom stereocenters. The van der Waals surface area contributed by atoms with E-state index in [1.165, 1.54) is 5.56 Å². The third-order valence-corrected chi connectivity index (χ3v) is 4.70. The fraction of sp³-hybridized carbons (Fsp3) is 0.350. The molecule has 0 spiro atoms. The van der Waals surface area contributed by atoms with Gasteiger partial charge in [0.25, 0.3) is 0 Å². The van der Waals surface area contributed by atoms with Gasteiger partial charge in [-0.2, -0.15) is 0 Å². The van der Waals surface area contributed by atoms with Gasteiger partial charge < -0.3 is 5.32 Å². The van der Waals surface area contributed by atoms with Crippen LogP contribution in [0.1, 0.15) is 24.0 Å². The lowest BCUT2D eigenvalue weighted by Gasteiger charge is -2.17. The van der Waals surface area contributed by atoms with Crippen LogP contribution in [0.5, 0.6) is 0 Å². The van der Waals surface area contributed by atoms with Crippen molar-refractivity contribution in [3.8, 4) is 0 Å². The standard InChI is InChI=1S/C20H26N2O3S/c1-26(24,25)22-19(16-18-13-6-3-7-14-18)20(23)21-15-9-8-12-17-10-4-2-5-11-17/h2-7,10-11,13-14,19,22H,8-9,12,15-16H2,1H3,(H,21,23). The highest BCUT2D eigenvalue weighted by Crippen LogP contribution is 2.06. The smallest absolute Gasteiger partial charge is 0.238 e. The molecule has 1 amide bonds. The van der Waals surface area contributed by atoms with Gasteiger partial charge in [0.1, 0.15) is 6.04 Å². The van der Waals surface area contributed by atoms with Crippen molar-refractivity contribution in [1.29, 1.82) is 0 Å². The van der Waals surface area contributed by atoms with E-state index in [1.54, 1.807) is 0 Å². The second-order valence-corrected chi connectivity index (χ2v) is 8.15. The van der Waals surface area contributed by atoms with E-state index in [9.17, 15) is 13.2 Å². The number of aryl methyl sites for hydroxylation is 1. The maximum atomic E-state index is 12.4. The number of carbonyl (C=O) groups is 1. The van der Waals surface area contributed by atoms with Crippen LogP contribution in [0.25, 0.3) is 0 Å². The molecule has 26 heavy (non-hydrogen) atoms. The lowest BCUT2D eigenvalue weighted by molar-refractivity contribution is -0.122. The summed E-state index contributed by atoms with van der Waals surface area (Å²) in [5, 5.41) is 2.85. The zero-order valence-corrected chi connectivity index (χ0v) is 15.8. The molecule has 0 bridgehead atoms. The van der Waals surface area contributed by atoms with Crippen LogP contribution < -0.4 is 10.0 Å². The minimum Gasteiger partial charge on any atom is -0.355 e. The molecule has 6 heteroatoms. The Morgan fingerprint density at radius 1 is 0.923 bits per heavy atom. The Morgan fingerprint density at radius 2 is 1.50 bits per heavy atom. The average Bonchev–Trinajstić information content (AvgIpc) is 2.61. The molecule has 2 rings (SSSR count). The van der Waals surface area contributed by atoms with Crippen LogP contribution in [0.2, 0.25) is 0 Å². The van der Waals surface area contributed by atoms with Gasteiger partial charge in [0.2, 0.25) is 15.9 Å². The maximum Gasteiger partial charge on any atom is 0.238 e. The molecule has 0 aromatic heterocycles. The second-order valence-electron chi connectivity index (χ2n) is 6.37. The van der Waals surface area contributed by atoms with Gasteiger partial charge in [-0.25, -0.2) is 13.1 Å². The van der Waals surface area contributed by atoms with E-state index >= 15 is 0 Å². The fourth-order valence-electron chi connectivity index (χ4n) is 2.73. The highest BCUT2D eigenvalue weighted by atomic mass is 32.2. The molecule has 0 heterocycles. The molecule has 0 saturated heterocycles. The van der Waals surface area contributed by atoms with Crippen LogP contribution in [0.3, 0.4) is 0 Å². The number of hydrogen-bond acceptors (Lipinski definition) is 3. The second kappa shape index (κ2) is 10.1.